The molecule has 3 nitrogen and oxygen atoms in total. The van der Waals surface area contributed by atoms with Crippen molar-refractivity contribution in [2.45, 2.75) is 20.3 Å². The molecule has 1 aromatic carbocycles. The molecule has 1 rings (SSSR count). The summed E-state index contributed by atoms with van der Waals surface area (Å²) in [6.45, 7) is 4.34. The van der Waals surface area contributed by atoms with Crippen LogP contribution in [0.4, 0.5) is 5.69 Å². The Balaban J connectivity index is 2.98. The Labute approximate surface area is 91.1 Å². The third-order valence-electron chi connectivity index (χ3n) is 2.14. The molecule has 0 unspecified atom stereocenters. The summed E-state index contributed by atoms with van der Waals surface area (Å²) < 4.78 is 17.9. The van der Waals surface area contributed by atoms with Gasteiger partial charge in [-0.25, -0.2) is 0 Å². The number of anilines is 1. The molecule has 15 heavy (non-hydrogen) atoms. The lowest BCUT2D eigenvalue weighted by atomic mass is 10.3. The van der Waals surface area contributed by atoms with Gasteiger partial charge in [-0.3, -0.25) is 4.57 Å². The van der Waals surface area contributed by atoms with Gasteiger partial charge in [-0.1, -0.05) is 6.92 Å². The van der Waals surface area contributed by atoms with Crippen molar-refractivity contribution in [1.82, 2.24) is 0 Å². The standard InChI is InChI=1S/C11H18NO2P/c1-3-9-15(13,14-4-2)11-7-5-10(12)6-8-11/h5-8H,3-4,9,12H2,1-2H3/t15-/m0/s1. The molecule has 0 bridgehead atoms. The Hall–Kier alpha value is -0.790. The van der Waals surface area contributed by atoms with Crippen molar-refractivity contribution in [2.24, 2.45) is 0 Å². The molecule has 2 N–H and O–H groups in total. The lowest BCUT2D eigenvalue weighted by Crippen LogP contribution is -2.10. The molecule has 0 fully saturated rings. The Morgan fingerprint density at radius 1 is 1.27 bits per heavy atom. The van der Waals surface area contributed by atoms with Crippen LogP contribution >= 0.6 is 7.37 Å². The normalized spacial score (nSPS) is 14.8. The molecule has 0 radical (unpaired) electrons. The minimum Gasteiger partial charge on any atom is -0.399 e. The first kappa shape index (κ1) is 12.3. The summed E-state index contributed by atoms with van der Waals surface area (Å²) in [7, 11) is -2.65. The van der Waals surface area contributed by atoms with Crippen LogP contribution in [0.15, 0.2) is 24.3 Å². The van der Waals surface area contributed by atoms with E-state index in [0.717, 1.165) is 11.7 Å². The van der Waals surface area contributed by atoms with E-state index < -0.39 is 7.37 Å². The summed E-state index contributed by atoms with van der Waals surface area (Å²) in [6, 6.07) is 7.11. The fraction of sp³-hybridized carbons (Fsp3) is 0.455. The van der Waals surface area contributed by atoms with Crippen molar-refractivity contribution in [3.8, 4) is 0 Å². The van der Waals surface area contributed by atoms with Crippen LogP contribution in [0.2, 0.25) is 0 Å². The smallest absolute Gasteiger partial charge is 0.232 e. The first-order valence-corrected chi connectivity index (χ1v) is 7.03. The van der Waals surface area contributed by atoms with E-state index >= 15 is 0 Å². The van der Waals surface area contributed by atoms with Gasteiger partial charge >= 0.3 is 0 Å². The maximum Gasteiger partial charge on any atom is 0.232 e. The van der Waals surface area contributed by atoms with Crippen molar-refractivity contribution < 1.29 is 9.09 Å². The zero-order valence-electron chi connectivity index (χ0n) is 9.27. The first-order valence-electron chi connectivity index (χ1n) is 5.22. The SMILES string of the molecule is CCC[P@](=O)(OCC)c1ccc(N)cc1. The van der Waals surface area contributed by atoms with Crippen LogP contribution in [-0.4, -0.2) is 12.8 Å². The highest BCUT2D eigenvalue weighted by atomic mass is 31.2. The number of benzene rings is 1. The highest BCUT2D eigenvalue weighted by molar-refractivity contribution is 7.67. The topological polar surface area (TPSA) is 52.3 Å². The van der Waals surface area contributed by atoms with Crippen molar-refractivity contribution >= 4 is 18.4 Å². The lowest BCUT2D eigenvalue weighted by molar-refractivity contribution is 0.340. The van der Waals surface area contributed by atoms with E-state index in [4.69, 9.17) is 10.3 Å². The van der Waals surface area contributed by atoms with Crippen LogP contribution in [0.1, 0.15) is 20.3 Å². The van der Waals surface area contributed by atoms with Crippen molar-refractivity contribution in [3.05, 3.63) is 24.3 Å². The summed E-state index contributed by atoms with van der Waals surface area (Å²) in [5.74, 6) is 0. The van der Waals surface area contributed by atoms with E-state index in [-0.39, 0.29) is 0 Å². The van der Waals surface area contributed by atoms with Crippen molar-refractivity contribution in [1.29, 1.82) is 0 Å². The molecule has 0 saturated heterocycles. The predicted octanol–water partition coefficient (Wildman–Crippen LogP) is 2.62. The van der Waals surface area contributed by atoms with Crippen LogP contribution in [0.5, 0.6) is 0 Å². The third-order valence-corrected chi connectivity index (χ3v) is 4.94. The molecule has 0 aromatic heterocycles. The van der Waals surface area contributed by atoms with Crippen molar-refractivity contribution in [3.63, 3.8) is 0 Å². The fourth-order valence-corrected chi connectivity index (χ4v) is 3.62. The number of rotatable bonds is 5. The quantitative estimate of drug-likeness (QED) is 0.621. The number of hydrogen-bond acceptors (Lipinski definition) is 3. The van der Waals surface area contributed by atoms with Gasteiger partial charge in [0.2, 0.25) is 7.37 Å². The lowest BCUT2D eigenvalue weighted by Gasteiger charge is -2.17. The van der Waals surface area contributed by atoms with E-state index in [9.17, 15) is 4.57 Å². The van der Waals surface area contributed by atoms with Crippen LogP contribution < -0.4 is 11.0 Å². The Kier molecular flexibility index (Phi) is 4.37. The molecule has 4 heteroatoms. The molecule has 84 valence electrons. The fourth-order valence-electron chi connectivity index (χ4n) is 1.47. The Bertz CT molecular complexity index is 338. The first-order chi connectivity index (χ1) is 7.12. The van der Waals surface area contributed by atoms with Gasteiger partial charge in [-0.15, -0.1) is 0 Å². The third kappa shape index (κ3) is 3.08. The van der Waals surface area contributed by atoms with Gasteiger partial charge in [0.15, 0.2) is 0 Å². The minimum atomic E-state index is -2.65. The average molecular weight is 227 g/mol. The average Bonchev–Trinajstić information content (AvgIpc) is 2.19. The molecule has 0 saturated carbocycles. The van der Waals surface area contributed by atoms with Gasteiger partial charge in [0.1, 0.15) is 0 Å². The molecule has 0 aliphatic carbocycles. The molecular formula is C11H18NO2P. The molecule has 1 atom stereocenters. The molecule has 1 aromatic rings. The number of nitrogen functional groups attached to an aromatic ring is 1. The van der Waals surface area contributed by atoms with Gasteiger partial charge in [0.25, 0.3) is 0 Å². The predicted molar refractivity (Wildman–Crippen MR) is 64.9 cm³/mol. The number of nitrogens with two attached hydrogens (primary N) is 1. The van der Waals surface area contributed by atoms with E-state index in [1.54, 1.807) is 24.3 Å². The van der Waals surface area contributed by atoms with E-state index in [1.807, 2.05) is 13.8 Å². The van der Waals surface area contributed by atoms with Gasteiger partial charge < -0.3 is 10.3 Å². The summed E-state index contributed by atoms with van der Waals surface area (Å²) >= 11 is 0. The summed E-state index contributed by atoms with van der Waals surface area (Å²) in [4.78, 5) is 0. The van der Waals surface area contributed by atoms with Crippen LogP contribution in [0.3, 0.4) is 0 Å². The number of hydrogen-bond donors (Lipinski definition) is 1. The zero-order valence-corrected chi connectivity index (χ0v) is 10.2. The second-order valence-corrected chi connectivity index (χ2v) is 5.97. The summed E-state index contributed by atoms with van der Waals surface area (Å²) in [6.07, 6.45) is 1.44. The Morgan fingerprint density at radius 3 is 2.33 bits per heavy atom. The highest BCUT2D eigenvalue weighted by Crippen LogP contribution is 2.46. The minimum absolute atomic E-state index is 0.474. The van der Waals surface area contributed by atoms with Gasteiger partial charge in [-0.2, -0.15) is 0 Å². The monoisotopic (exact) mass is 227 g/mol. The molecular weight excluding hydrogens is 209 g/mol. The van der Waals surface area contributed by atoms with E-state index in [1.165, 1.54) is 0 Å². The van der Waals surface area contributed by atoms with Gasteiger partial charge in [0, 0.05) is 17.2 Å². The van der Waals surface area contributed by atoms with E-state index in [0.29, 0.717) is 18.5 Å². The van der Waals surface area contributed by atoms with Gasteiger partial charge in [0.05, 0.1) is 6.61 Å². The molecule has 0 heterocycles. The van der Waals surface area contributed by atoms with E-state index in [2.05, 4.69) is 0 Å². The summed E-state index contributed by atoms with van der Waals surface area (Å²) in [5, 5.41) is 0.764. The largest absolute Gasteiger partial charge is 0.399 e. The van der Waals surface area contributed by atoms with Crippen molar-refractivity contribution in [2.75, 3.05) is 18.5 Å². The molecule has 0 aliphatic heterocycles. The zero-order chi connectivity index (χ0) is 11.3. The maximum absolute atomic E-state index is 12.5. The van der Waals surface area contributed by atoms with Crippen LogP contribution in [0, 0.1) is 0 Å². The Morgan fingerprint density at radius 2 is 1.87 bits per heavy atom. The molecule has 0 aliphatic rings. The highest BCUT2D eigenvalue weighted by Gasteiger charge is 2.23. The second kappa shape index (κ2) is 5.34. The van der Waals surface area contributed by atoms with Crippen LogP contribution in [0.25, 0.3) is 0 Å². The summed E-state index contributed by atoms with van der Waals surface area (Å²) in [5.41, 5.74) is 6.27. The maximum atomic E-state index is 12.5. The molecule has 0 spiro atoms. The molecule has 0 amide bonds. The van der Waals surface area contributed by atoms with Gasteiger partial charge in [-0.05, 0) is 37.6 Å². The van der Waals surface area contributed by atoms with Crippen LogP contribution in [-0.2, 0) is 9.09 Å². The second-order valence-electron chi connectivity index (χ2n) is 3.41.